The lowest BCUT2D eigenvalue weighted by atomic mass is 10.3. The molecule has 0 aliphatic heterocycles. The van der Waals surface area contributed by atoms with Gasteiger partial charge in [-0.25, -0.2) is 18.1 Å². The summed E-state index contributed by atoms with van der Waals surface area (Å²) in [6.45, 7) is 0.336. The number of benzene rings is 2. The first-order chi connectivity index (χ1) is 11.3. The molecule has 7 nitrogen and oxygen atoms in total. The van der Waals surface area contributed by atoms with Crippen LogP contribution in [0.4, 0.5) is 0 Å². The van der Waals surface area contributed by atoms with Crippen LogP contribution < -0.4 is 15.0 Å². The molecule has 9 heteroatoms. The van der Waals surface area contributed by atoms with E-state index in [4.69, 9.17) is 18.9 Å². The van der Waals surface area contributed by atoms with Crippen LogP contribution in [0, 0.1) is 0 Å². The number of ether oxygens (including phenoxy) is 1. The minimum absolute atomic E-state index is 0.0651. The third kappa shape index (κ3) is 4.90. The highest BCUT2D eigenvalue weighted by Gasteiger charge is 2.29. The minimum Gasteiger partial charge on any atom is -0.421 e. The van der Waals surface area contributed by atoms with E-state index in [1.54, 1.807) is 30.3 Å². The van der Waals surface area contributed by atoms with Crippen molar-refractivity contribution in [2.24, 2.45) is 5.14 Å². The fourth-order valence-electron chi connectivity index (χ4n) is 1.83. The van der Waals surface area contributed by atoms with Gasteiger partial charge in [0.1, 0.15) is 5.75 Å². The fraction of sp³-hybridized carbons (Fsp3) is 0.200. The van der Waals surface area contributed by atoms with Crippen molar-refractivity contribution >= 4 is 22.9 Å². The Morgan fingerprint density at radius 1 is 1.00 bits per heavy atom. The van der Waals surface area contributed by atoms with Gasteiger partial charge in [0, 0.05) is 7.11 Å². The molecule has 0 amide bonds. The lowest BCUT2D eigenvalue weighted by Gasteiger charge is -2.19. The summed E-state index contributed by atoms with van der Waals surface area (Å²) < 4.78 is 51.5. The first-order valence-electron chi connectivity index (χ1n) is 6.97. The third-order valence-electron chi connectivity index (χ3n) is 3.00. The number of primary sulfonamides is 1. The van der Waals surface area contributed by atoms with Gasteiger partial charge in [-0.1, -0.05) is 18.2 Å². The van der Waals surface area contributed by atoms with E-state index >= 15 is 0 Å². The van der Waals surface area contributed by atoms with Crippen molar-refractivity contribution in [1.82, 2.24) is 0 Å². The number of hydrogen-bond donors (Lipinski definition) is 1. The fourth-order valence-corrected chi connectivity index (χ4v) is 3.91. The zero-order valence-electron chi connectivity index (χ0n) is 13.0. The monoisotopic (exact) mass is 371 g/mol. The molecule has 0 aliphatic carbocycles. The molecule has 130 valence electrons. The maximum Gasteiger partial charge on any atom is 0.410 e. The molecule has 0 aliphatic rings. The van der Waals surface area contributed by atoms with Crippen molar-refractivity contribution in [3.8, 4) is 5.75 Å². The van der Waals surface area contributed by atoms with Crippen LogP contribution in [0.25, 0.3) is 0 Å². The Morgan fingerprint density at radius 3 is 2.17 bits per heavy atom. The van der Waals surface area contributed by atoms with E-state index in [-0.39, 0.29) is 23.9 Å². The van der Waals surface area contributed by atoms with Crippen molar-refractivity contribution in [3.63, 3.8) is 0 Å². The standard InChI is InChI=1S/C15H18NO6PS/c1-20-11-12-21-23(17,14-5-3-2-4-6-14)22-13-7-9-15(10-8-13)24(16,18)19/h2-10H,11-12H2,1H3,(H2,16,18,19). The Balaban J connectivity index is 2.27. The van der Waals surface area contributed by atoms with Gasteiger partial charge in [-0.15, -0.1) is 0 Å². The van der Waals surface area contributed by atoms with Gasteiger partial charge in [0.2, 0.25) is 10.0 Å². The lowest BCUT2D eigenvalue weighted by Crippen LogP contribution is -2.15. The van der Waals surface area contributed by atoms with E-state index in [9.17, 15) is 13.0 Å². The van der Waals surface area contributed by atoms with E-state index in [1.165, 1.54) is 31.4 Å². The highest BCUT2D eigenvalue weighted by molar-refractivity contribution is 7.89. The molecule has 0 bridgehead atoms. The van der Waals surface area contributed by atoms with Crippen LogP contribution in [-0.4, -0.2) is 28.7 Å². The molecule has 0 fully saturated rings. The molecule has 0 saturated carbocycles. The van der Waals surface area contributed by atoms with Gasteiger partial charge in [-0.05, 0) is 36.4 Å². The van der Waals surface area contributed by atoms with Gasteiger partial charge in [-0.2, -0.15) is 0 Å². The van der Waals surface area contributed by atoms with Crippen molar-refractivity contribution in [1.29, 1.82) is 0 Å². The summed E-state index contributed by atoms with van der Waals surface area (Å²) in [4.78, 5) is -0.0651. The molecule has 0 saturated heterocycles. The normalized spacial score (nSPS) is 14.1. The Labute approximate surface area is 140 Å². The van der Waals surface area contributed by atoms with E-state index < -0.39 is 17.6 Å². The van der Waals surface area contributed by atoms with E-state index in [0.29, 0.717) is 5.30 Å². The number of sulfonamides is 1. The molecule has 0 spiro atoms. The second kappa shape index (κ2) is 7.92. The van der Waals surface area contributed by atoms with Gasteiger partial charge in [0.15, 0.2) is 0 Å². The van der Waals surface area contributed by atoms with Crippen molar-refractivity contribution in [2.45, 2.75) is 4.90 Å². The summed E-state index contributed by atoms with van der Waals surface area (Å²) >= 11 is 0. The summed E-state index contributed by atoms with van der Waals surface area (Å²) in [5.74, 6) is 0.201. The van der Waals surface area contributed by atoms with E-state index in [0.717, 1.165) is 0 Å². The van der Waals surface area contributed by atoms with Crippen molar-refractivity contribution < 1.29 is 26.8 Å². The first kappa shape index (κ1) is 18.6. The quantitative estimate of drug-likeness (QED) is 0.561. The third-order valence-corrected chi connectivity index (χ3v) is 5.83. The summed E-state index contributed by atoms with van der Waals surface area (Å²) in [7, 11) is -5.94. The van der Waals surface area contributed by atoms with Crippen LogP contribution in [0.2, 0.25) is 0 Å². The number of rotatable bonds is 8. The van der Waals surface area contributed by atoms with Crippen LogP contribution in [-0.2, 0) is 23.8 Å². The summed E-state index contributed by atoms with van der Waals surface area (Å²) in [5, 5.41) is 5.43. The maximum absolute atomic E-state index is 13.1. The molecule has 1 atom stereocenters. The molecule has 2 N–H and O–H groups in total. The smallest absolute Gasteiger partial charge is 0.410 e. The average molecular weight is 371 g/mol. The lowest BCUT2D eigenvalue weighted by molar-refractivity contribution is 0.141. The van der Waals surface area contributed by atoms with Gasteiger partial charge >= 0.3 is 7.60 Å². The zero-order chi connectivity index (χ0) is 17.6. The minimum atomic E-state index is -3.81. The highest BCUT2D eigenvalue weighted by Crippen LogP contribution is 2.47. The van der Waals surface area contributed by atoms with E-state index in [1.807, 2.05) is 0 Å². The number of hydrogen-bond acceptors (Lipinski definition) is 6. The molecule has 2 aromatic rings. The Morgan fingerprint density at radius 2 is 1.62 bits per heavy atom. The summed E-state index contributed by atoms with van der Waals surface area (Å²) in [5.41, 5.74) is 0. The molecule has 1 unspecified atom stereocenters. The largest absolute Gasteiger partial charge is 0.421 e. The predicted molar refractivity (Wildman–Crippen MR) is 90.0 cm³/mol. The molecule has 2 rings (SSSR count). The molecule has 0 radical (unpaired) electrons. The van der Waals surface area contributed by atoms with Gasteiger partial charge in [0.05, 0.1) is 23.4 Å². The Hall–Kier alpha value is -1.70. The zero-order valence-corrected chi connectivity index (χ0v) is 14.7. The van der Waals surface area contributed by atoms with Crippen LogP contribution in [0.1, 0.15) is 0 Å². The summed E-state index contributed by atoms with van der Waals surface area (Å²) in [6.07, 6.45) is 0. The SMILES string of the molecule is COCCOP(=O)(Oc1ccc(S(N)(=O)=O)cc1)c1ccccc1. The van der Waals surface area contributed by atoms with E-state index in [2.05, 4.69) is 0 Å². The number of methoxy groups -OCH3 is 1. The predicted octanol–water partition coefficient (Wildman–Crippen LogP) is 1.89. The van der Waals surface area contributed by atoms with Crippen LogP contribution in [0.5, 0.6) is 5.75 Å². The Bertz CT molecular complexity index is 808. The van der Waals surface area contributed by atoms with Gasteiger partial charge in [-0.3, -0.25) is 4.52 Å². The molecular weight excluding hydrogens is 353 g/mol. The van der Waals surface area contributed by atoms with Crippen LogP contribution in [0.15, 0.2) is 59.5 Å². The van der Waals surface area contributed by atoms with Crippen molar-refractivity contribution in [2.75, 3.05) is 20.3 Å². The first-order valence-corrected chi connectivity index (χ1v) is 10.1. The molecule has 0 heterocycles. The molecule has 2 aromatic carbocycles. The second-order valence-corrected chi connectivity index (χ2v) is 8.28. The molecular formula is C15H18NO6PS. The van der Waals surface area contributed by atoms with Crippen LogP contribution >= 0.6 is 7.60 Å². The summed E-state index contributed by atoms with van der Waals surface area (Å²) in [6, 6.07) is 13.8. The average Bonchev–Trinajstić information content (AvgIpc) is 2.55. The van der Waals surface area contributed by atoms with Crippen molar-refractivity contribution in [3.05, 3.63) is 54.6 Å². The topological polar surface area (TPSA) is 105 Å². The van der Waals surface area contributed by atoms with Crippen LogP contribution in [0.3, 0.4) is 0 Å². The number of nitrogens with two attached hydrogens (primary N) is 1. The molecule has 24 heavy (non-hydrogen) atoms. The Kier molecular flexibility index (Phi) is 6.15. The molecule has 0 aromatic heterocycles. The maximum atomic E-state index is 13.1. The van der Waals surface area contributed by atoms with Gasteiger partial charge in [0.25, 0.3) is 0 Å². The second-order valence-electron chi connectivity index (χ2n) is 4.77. The highest BCUT2D eigenvalue weighted by atomic mass is 32.2. The van der Waals surface area contributed by atoms with Gasteiger partial charge < -0.3 is 9.26 Å².